The number of nitrogens with two attached hydrogens (primary N) is 1. The van der Waals surface area contributed by atoms with Crippen LogP contribution in [0.5, 0.6) is 5.75 Å². The summed E-state index contributed by atoms with van der Waals surface area (Å²) >= 11 is 1.12. The smallest absolute Gasteiger partial charge is 0.237 e. The fourth-order valence-electron chi connectivity index (χ4n) is 2.38. The number of hydrogen-bond acceptors (Lipinski definition) is 6. The number of rotatable bonds is 6. The predicted octanol–water partition coefficient (Wildman–Crippen LogP) is 2.93. The van der Waals surface area contributed by atoms with Crippen molar-refractivity contribution in [3.63, 3.8) is 0 Å². The number of nitrogen functional groups attached to an aromatic ring is 1. The van der Waals surface area contributed by atoms with E-state index in [1.54, 1.807) is 43.3 Å². The van der Waals surface area contributed by atoms with Gasteiger partial charge < -0.3 is 15.9 Å². The van der Waals surface area contributed by atoms with Crippen molar-refractivity contribution in [2.75, 3.05) is 18.3 Å². The number of amides is 1. The van der Waals surface area contributed by atoms with Gasteiger partial charge in [-0.1, -0.05) is 36.0 Å². The van der Waals surface area contributed by atoms with Crippen molar-refractivity contribution >= 4 is 23.4 Å². The molecule has 0 unspecified atom stereocenters. The van der Waals surface area contributed by atoms with Crippen molar-refractivity contribution < 1.29 is 13.9 Å². The highest BCUT2D eigenvalue weighted by Gasteiger charge is 2.21. The summed E-state index contributed by atoms with van der Waals surface area (Å²) in [5.41, 5.74) is 0.809. The molecule has 0 saturated carbocycles. The maximum Gasteiger partial charge on any atom is 0.237 e. The molecule has 0 fully saturated rings. The van der Waals surface area contributed by atoms with Crippen LogP contribution in [0.1, 0.15) is 6.92 Å². The van der Waals surface area contributed by atoms with Gasteiger partial charge in [0.15, 0.2) is 5.82 Å². The Morgan fingerprint density at radius 2 is 1.93 bits per heavy atom. The minimum Gasteiger partial charge on any atom is -0.495 e. The summed E-state index contributed by atoms with van der Waals surface area (Å²) in [6, 6.07) is 13.3. The predicted molar refractivity (Wildman–Crippen MR) is 103 cm³/mol. The second-order valence-electron chi connectivity index (χ2n) is 5.61. The van der Waals surface area contributed by atoms with Crippen LogP contribution in [-0.2, 0) is 4.79 Å². The van der Waals surface area contributed by atoms with E-state index in [1.165, 1.54) is 17.9 Å². The number of carbonyl (C=O) groups is 1. The van der Waals surface area contributed by atoms with Crippen molar-refractivity contribution in [2.24, 2.45) is 0 Å². The Labute approximate surface area is 159 Å². The van der Waals surface area contributed by atoms with Crippen LogP contribution in [0.25, 0.3) is 11.4 Å². The Hall–Kier alpha value is -3.07. The molecule has 0 radical (unpaired) electrons. The van der Waals surface area contributed by atoms with Crippen molar-refractivity contribution in [2.45, 2.75) is 17.3 Å². The largest absolute Gasteiger partial charge is 0.495 e. The van der Waals surface area contributed by atoms with Gasteiger partial charge in [0.1, 0.15) is 11.6 Å². The second kappa shape index (κ2) is 8.09. The maximum atomic E-state index is 13.9. The lowest BCUT2D eigenvalue weighted by atomic mass is 10.2. The first-order valence-electron chi connectivity index (χ1n) is 8.07. The SMILES string of the molecule is COc1ccccc1NC(=O)[C@H](C)Sc1nnc(-c2ccccc2F)n1N. The maximum absolute atomic E-state index is 13.9. The van der Waals surface area contributed by atoms with Gasteiger partial charge in [-0.05, 0) is 31.2 Å². The third-order valence-electron chi connectivity index (χ3n) is 3.80. The van der Waals surface area contributed by atoms with Crippen LogP contribution in [-0.4, -0.2) is 33.1 Å². The lowest BCUT2D eigenvalue weighted by molar-refractivity contribution is -0.115. The molecule has 0 aliphatic heterocycles. The highest BCUT2D eigenvalue weighted by molar-refractivity contribution is 8.00. The molecule has 1 amide bonds. The average Bonchev–Trinajstić information content (AvgIpc) is 3.03. The molecule has 9 heteroatoms. The summed E-state index contributed by atoms with van der Waals surface area (Å²) < 4.78 is 20.3. The van der Waals surface area contributed by atoms with E-state index in [0.717, 1.165) is 11.8 Å². The lowest BCUT2D eigenvalue weighted by Gasteiger charge is -2.13. The zero-order valence-corrected chi connectivity index (χ0v) is 15.5. The van der Waals surface area contributed by atoms with E-state index in [-0.39, 0.29) is 17.3 Å². The minimum atomic E-state index is -0.519. The van der Waals surface area contributed by atoms with Crippen molar-refractivity contribution in [3.8, 4) is 17.1 Å². The van der Waals surface area contributed by atoms with Crippen LogP contribution < -0.4 is 15.9 Å². The van der Waals surface area contributed by atoms with Crippen LogP contribution in [0.2, 0.25) is 0 Å². The Morgan fingerprint density at radius 1 is 1.22 bits per heavy atom. The number of nitrogens with zero attached hydrogens (tertiary/aromatic N) is 3. The first kappa shape index (κ1) is 18.7. The van der Waals surface area contributed by atoms with Gasteiger partial charge in [0.25, 0.3) is 0 Å². The number of para-hydroxylation sites is 2. The van der Waals surface area contributed by atoms with Crippen LogP contribution >= 0.6 is 11.8 Å². The number of hydrogen-bond donors (Lipinski definition) is 2. The van der Waals surface area contributed by atoms with Crippen molar-refractivity contribution in [1.82, 2.24) is 14.9 Å². The highest BCUT2D eigenvalue weighted by atomic mass is 32.2. The number of thioether (sulfide) groups is 1. The molecule has 0 saturated heterocycles. The number of ether oxygens (including phenoxy) is 1. The second-order valence-corrected chi connectivity index (χ2v) is 6.91. The van der Waals surface area contributed by atoms with Gasteiger partial charge in [-0.25, -0.2) is 9.07 Å². The van der Waals surface area contributed by atoms with Crippen LogP contribution in [0.15, 0.2) is 53.7 Å². The topological polar surface area (TPSA) is 95.1 Å². The summed E-state index contributed by atoms with van der Waals surface area (Å²) in [7, 11) is 1.53. The Bertz CT molecular complexity index is 962. The third kappa shape index (κ3) is 4.03. The monoisotopic (exact) mass is 387 g/mol. The number of benzene rings is 2. The minimum absolute atomic E-state index is 0.188. The first-order valence-corrected chi connectivity index (χ1v) is 8.95. The fraction of sp³-hybridized carbons (Fsp3) is 0.167. The Morgan fingerprint density at radius 3 is 2.67 bits per heavy atom. The van der Waals surface area contributed by atoms with E-state index in [2.05, 4.69) is 15.5 Å². The molecule has 7 nitrogen and oxygen atoms in total. The summed E-state index contributed by atoms with van der Waals surface area (Å²) in [4.78, 5) is 12.5. The summed E-state index contributed by atoms with van der Waals surface area (Å²) in [5, 5.41) is 10.5. The van der Waals surface area contributed by atoms with Gasteiger partial charge in [0.05, 0.1) is 23.6 Å². The van der Waals surface area contributed by atoms with Gasteiger partial charge in [0.2, 0.25) is 11.1 Å². The van der Waals surface area contributed by atoms with E-state index in [0.29, 0.717) is 16.6 Å². The third-order valence-corrected chi connectivity index (χ3v) is 4.85. The molecule has 3 N–H and O–H groups in total. The molecular formula is C18H18FN5O2S. The van der Waals surface area contributed by atoms with Crippen molar-refractivity contribution in [3.05, 3.63) is 54.3 Å². The molecule has 1 aromatic heterocycles. The molecule has 27 heavy (non-hydrogen) atoms. The molecule has 3 rings (SSSR count). The number of nitrogens with one attached hydrogen (secondary N) is 1. The number of halogens is 1. The number of anilines is 1. The summed E-state index contributed by atoms with van der Waals surface area (Å²) in [6.07, 6.45) is 0. The fourth-order valence-corrected chi connectivity index (χ4v) is 3.15. The van der Waals surface area contributed by atoms with Gasteiger partial charge in [-0.3, -0.25) is 4.79 Å². The molecule has 0 aliphatic rings. The van der Waals surface area contributed by atoms with E-state index in [9.17, 15) is 9.18 Å². The summed E-state index contributed by atoms with van der Waals surface area (Å²) in [6.45, 7) is 1.72. The van der Waals surface area contributed by atoms with E-state index in [1.807, 2.05) is 6.07 Å². The number of carbonyl (C=O) groups excluding carboxylic acids is 1. The van der Waals surface area contributed by atoms with Gasteiger partial charge in [-0.15, -0.1) is 10.2 Å². The molecule has 1 atom stereocenters. The highest BCUT2D eigenvalue weighted by Crippen LogP contribution is 2.28. The molecule has 3 aromatic rings. The number of aromatic nitrogens is 3. The van der Waals surface area contributed by atoms with Gasteiger partial charge in [-0.2, -0.15) is 0 Å². The Balaban J connectivity index is 1.74. The normalized spacial score (nSPS) is 11.8. The number of methoxy groups -OCH3 is 1. The van der Waals surface area contributed by atoms with E-state index in [4.69, 9.17) is 10.6 Å². The molecule has 2 aromatic carbocycles. The zero-order chi connectivity index (χ0) is 19.4. The first-order chi connectivity index (χ1) is 13.0. The lowest BCUT2D eigenvalue weighted by Crippen LogP contribution is -2.24. The van der Waals surface area contributed by atoms with Gasteiger partial charge in [0, 0.05) is 0 Å². The molecule has 140 valence electrons. The van der Waals surface area contributed by atoms with Gasteiger partial charge >= 0.3 is 0 Å². The standard InChI is InChI=1S/C18H18FN5O2S/c1-11(17(25)21-14-9-5-6-10-15(14)26-2)27-18-23-22-16(24(18)20)12-7-3-4-8-13(12)19/h3-11H,20H2,1-2H3,(H,21,25)/t11-/m0/s1. The zero-order valence-electron chi connectivity index (χ0n) is 14.7. The van der Waals surface area contributed by atoms with E-state index >= 15 is 0 Å². The van der Waals surface area contributed by atoms with Crippen LogP contribution in [0, 0.1) is 5.82 Å². The van der Waals surface area contributed by atoms with Crippen LogP contribution in [0.4, 0.5) is 10.1 Å². The van der Waals surface area contributed by atoms with E-state index < -0.39 is 11.1 Å². The van der Waals surface area contributed by atoms with Crippen LogP contribution in [0.3, 0.4) is 0 Å². The molecule has 1 heterocycles. The molecule has 0 bridgehead atoms. The quantitative estimate of drug-likeness (QED) is 0.499. The summed E-state index contributed by atoms with van der Waals surface area (Å²) in [5.74, 6) is 6.05. The Kier molecular flexibility index (Phi) is 5.60. The molecule has 0 aliphatic carbocycles. The molecule has 0 spiro atoms. The molecular weight excluding hydrogens is 369 g/mol. The van der Waals surface area contributed by atoms with Crippen molar-refractivity contribution in [1.29, 1.82) is 0 Å². The average molecular weight is 387 g/mol.